The standard InChI is InChI=1S/C24H22F3N3O2S/c1-14(2)15-6-8-16(9-7-15)19-11-21(31)30-23(20(19)12-28)33-13-22(32)29-18-5-3-4-17(10-18)24(25,26)27/h3-10,14,19H,11,13H2,1-2H3,(H,29,32)(H,30,31)/t19-/m0/s1. The van der Waals surface area contributed by atoms with Crippen molar-refractivity contribution in [3.8, 4) is 6.07 Å². The molecule has 5 nitrogen and oxygen atoms in total. The van der Waals surface area contributed by atoms with Gasteiger partial charge in [0.15, 0.2) is 0 Å². The summed E-state index contributed by atoms with van der Waals surface area (Å²) in [5.41, 5.74) is 1.47. The number of thioether (sulfide) groups is 1. The Bertz CT molecular complexity index is 1120. The quantitative estimate of drug-likeness (QED) is 0.577. The van der Waals surface area contributed by atoms with Gasteiger partial charge in [-0.3, -0.25) is 9.59 Å². The van der Waals surface area contributed by atoms with Crippen LogP contribution in [0.15, 0.2) is 59.1 Å². The number of allylic oxidation sites excluding steroid dienone is 1. The Morgan fingerprint density at radius 2 is 1.94 bits per heavy atom. The van der Waals surface area contributed by atoms with Crippen molar-refractivity contribution in [1.82, 2.24) is 5.32 Å². The molecule has 0 fully saturated rings. The molecule has 3 rings (SSSR count). The largest absolute Gasteiger partial charge is 0.416 e. The summed E-state index contributed by atoms with van der Waals surface area (Å²) in [6.45, 7) is 4.14. The molecule has 2 amide bonds. The summed E-state index contributed by atoms with van der Waals surface area (Å²) in [4.78, 5) is 24.6. The van der Waals surface area contributed by atoms with Gasteiger partial charge in [0.05, 0.1) is 28.0 Å². The fourth-order valence-corrected chi connectivity index (χ4v) is 4.32. The third kappa shape index (κ3) is 6.17. The van der Waals surface area contributed by atoms with Gasteiger partial charge in [-0.15, -0.1) is 0 Å². The van der Waals surface area contributed by atoms with Crippen molar-refractivity contribution >= 4 is 29.3 Å². The summed E-state index contributed by atoms with van der Waals surface area (Å²) in [6.07, 6.45) is -4.40. The van der Waals surface area contributed by atoms with Crippen LogP contribution in [0.5, 0.6) is 0 Å². The number of benzene rings is 2. The lowest BCUT2D eigenvalue weighted by molar-refractivity contribution is -0.137. The second-order valence-corrected chi connectivity index (χ2v) is 8.88. The molecule has 0 aromatic heterocycles. The van der Waals surface area contributed by atoms with Crippen LogP contribution in [-0.2, 0) is 15.8 Å². The van der Waals surface area contributed by atoms with Gasteiger partial charge < -0.3 is 10.6 Å². The molecule has 1 aliphatic heterocycles. The SMILES string of the molecule is CC(C)c1ccc([C@@H]2CC(=O)NC(SCC(=O)Nc3cccc(C(F)(F)F)c3)=C2C#N)cc1. The van der Waals surface area contributed by atoms with E-state index >= 15 is 0 Å². The molecule has 1 heterocycles. The molecule has 0 spiro atoms. The highest BCUT2D eigenvalue weighted by Gasteiger charge is 2.31. The number of alkyl halides is 3. The Balaban J connectivity index is 1.74. The van der Waals surface area contributed by atoms with E-state index in [9.17, 15) is 28.0 Å². The lowest BCUT2D eigenvalue weighted by Crippen LogP contribution is -2.31. The van der Waals surface area contributed by atoms with Gasteiger partial charge in [0.25, 0.3) is 0 Å². The van der Waals surface area contributed by atoms with Crippen LogP contribution >= 0.6 is 11.8 Å². The maximum Gasteiger partial charge on any atom is 0.416 e. The highest BCUT2D eigenvalue weighted by Crippen LogP contribution is 2.36. The van der Waals surface area contributed by atoms with E-state index in [0.29, 0.717) is 11.5 Å². The number of hydrogen-bond acceptors (Lipinski definition) is 4. The number of amides is 2. The van der Waals surface area contributed by atoms with Gasteiger partial charge >= 0.3 is 6.18 Å². The van der Waals surface area contributed by atoms with E-state index < -0.39 is 23.6 Å². The van der Waals surface area contributed by atoms with E-state index in [-0.39, 0.29) is 28.8 Å². The predicted octanol–water partition coefficient (Wildman–Crippen LogP) is 5.54. The molecule has 0 aliphatic carbocycles. The van der Waals surface area contributed by atoms with Crippen molar-refractivity contribution in [2.45, 2.75) is 38.3 Å². The van der Waals surface area contributed by atoms with Crippen molar-refractivity contribution in [2.24, 2.45) is 0 Å². The number of nitriles is 1. The van der Waals surface area contributed by atoms with Crippen molar-refractivity contribution in [2.75, 3.05) is 11.1 Å². The Morgan fingerprint density at radius 3 is 2.55 bits per heavy atom. The van der Waals surface area contributed by atoms with Crippen LogP contribution < -0.4 is 10.6 Å². The zero-order chi connectivity index (χ0) is 24.2. The fourth-order valence-electron chi connectivity index (χ4n) is 3.44. The minimum Gasteiger partial charge on any atom is -0.325 e. The van der Waals surface area contributed by atoms with Gasteiger partial charge in [-0.2, -0.15) is 18.4 Å². The van der Waals surface area contributed by atoms with E-state index in [1.165, 1.54) is 12.1 Å². The maximum absolute atomic E-state index is 12.9. The molecule has 9 heteroatoms. The number of nitrogens with one attached hydrogen (secondary N) is 2. The smallest absolute Gasteiger partial charge is 0.325 e. The molecular formula is C24H22F3N3O2S. The Hall–Kier alpha value is -3.25. The summed E-state index contributed by atoms with van der Waals surface area (Å²) in [5, 5.41) is 15.1. The Labute approximate surface area is 194 Å². The highest BCUT2D eigenvalue weighted by molar-refractivity contribution is 8.03. The number of hydrogen-bond donors (Lipinski definition) is 2. The summed E-state index contributed by atoms with van der Waals surface area (Å²) >= 11 is 0.968. The monoisotopic (exact) mass is 473 g/mol. The number of rotatable bonds is 6. The fraction of sp³-hybridized carbons (Fsp3) is 0.292. The number of carbonyl (C=O) groups is 2. The molecule has 0 unspecified atom stereocenters. The van der Waals surface area contributed by atoms with E-state index in [1.807, 2.05) is 24.3 Å². The first-order valence-corrected chi connectivity index (χ1v) is 11.2. The van der Waals surface area contributed by atoms with Crippen molar-refractivity contribution in [3.63, 3.8) is 0 Å². The molecule has 0 saturated carbocycles. The average Bonchev–Trinajstić information content (AvgIpc) is 2.77. The van der Waals surface area contributed by atoms with E-state index in [4.69, 9.17) is 0 Å². The number of halogens is 3. The molecule has 2 aromatic rings. The van der Waals surface area contributed by atoms with Crippen LogP contribution in [0.1, 0.15) is 48.8 Å². The molecular weight excluding hydrogens is 451 g/mol. The first-order chi connectivity index (χ1) is 15.6. The molecule has 0 radical (unpaired) electrons. The van der Waals surface area contributed by atoms with Crippen LogP contribution in [0.25, 0.3) is 0 Å². The van der Waals surface area contributed by atoms with Crippen LogP contribution in [-0.4, -0.2) is 17.6 Å². The van der Waals surface area contributed by atoms with Gasteiger partial charge in [-0.05, 0) is 35.2 Å². The van der Waals surface area contributed by atoms with Gasteiger partial charge in [0, 0.05) is 18.0 Å². The van der Waals surface area contributed by atoms with Crippen molar-refractivity contribution in [1.29, 1.82) is 5.26 Å². The third-order valence-electron chi connectivity index (χ3n) is 5.18. The summed E-state index contributed by atoms with van der Waals surface area (Å²) in [5.74, 6) is -1.09. The molecule has 1 aliphatic rings. The van der Waals surface area contributed by atoms with Gasteiger partial charge in [-0.1, -0.05) is 55.9 Å². The molecule has 2 N–H and O–H groups in total. The molecule has 33 heavy (non-hydrogen) atoms. The minimum atomic E-state index is -4.52. The normalized spacial score (nSPS) is 16.4. The zero-order valence-corrected chi connectivity index (χ0v) is 18.8. The second-order valence-electron chi connectivity index (χ2n) is 7.90. The molecule has 172 valence electrons. The topological polar surface area (TPSA) is 82.0 Å². The Morgan fingerprint density at radius 1 is 1.24 bits per heavy atom. The maximum atomic E-state index is 12.9. The summed E-state index contributed by atoms with van der Waals surface area (Å²) < 4.78 is 38.6. The van der Waals surface area contributed by atoms with Crippen LogP contribution in [0.2, 0.25) is 0 Å². The number of carbonyl (C=O) groups excluding carboxylic acids is 2. The van der Waals surface area contributed by atoms with Crippen molar-refractivity contribution in [3.05, 3.63) is 75.8 Å². The lowest BCUT2D eigenvalue weighted by Gasteiger charge is -2.25. The van der Waals surface area contributed by atoms with Crippen molar-refractivity contribution < 1.29 is 22.8 Å². The second kappa shape index (κ2) is 10.1. The van der Waals surface area contributed by atoms with Crippen LogP contribution in [0, 0.1) is 11.3 Å². The predicted molar refractivity (Wildman–Crippen MR) is 121 cm³/mol. The van der Waals surface area contributed by atoms with Gasteiger partial charge in [0.2, 0.25) is 11.8 Å². The number of nitrogens with zero attached hydrogens (tertiary/aromatic N) is 1. The molecule has 0 saturated heterocycles. The molecule has 1 atom stereocenters. The first-order valence-electron chi connectivity index (χ1n) is 10.2. The minimum absolute atomic E-state index is 0.0145. The van der Waals surface area contributed by atoms with E-state index in [0.717, 1.165) is 35.0 Å². The molecule has 0 bridgehead atoms. The van der Waals surface area contributed by atoms with Gasteiger partial charge in [-0.25, -0.2) is 0 Å². The van der Waals surface area contributed by atoms with E-state index in [1.54, 1.807) is 0 Å². The lowest BCUT2D eigenvalue weighted by atomic mass is 9.86. The number of anilines is 1. The average molecular weight is 474 g/mol. The highest BCUT2D eigenvalue weighted by atomic mass is 32.2. The Kier molecular flexibility index (Phi) is 7.49. The van der Waals surface area contributed by atoms with E-state index in [2.05, 4.69) is 30.6 Å². The third-order valence-corrected chi connectivity index (χ3v) is 6.20. The van der Waals surface area contributed by atoms with Gasteiger partial charge in [0.1, 0.15) is 0 Å². The zero-order valence-electron chi connectivity index (χ0n) is 18.0. The van der Waals surface area contributed by atoms with Crippen LogP contribution in [0.3, 0.4) is 0 Å². The van der Waals surface area contributed by atoms with Crippen LogP contribution in [0.4, 0.5) is 18.9 Å². The summed E-state index contributed by atoms with van der Waals surface area (Å²) in [6, 6.07) is 14.2. The first kappa shape index (κ1) is 24.4. The molecule has 2 aromatic carbocycles. The summed E-state index contributed by atoms with van der Waals surface area (Å²) in [7, 11) is 0.